The number of benzene rings is 1. The number of pyridine rings is 1. The summed E-state index contributed by atoms with van der Waals surface area (Å²) in [6, 6.07) is 10.2. The fraction of sp³-hybridized carbons (Fsp3) is 0.267. The molecule has 0 aliphatic rings. The van der Waals surface area contributed by atoms with Crippen molar-refractivity contribution >= 4 is 11.6 Å². The van der Waals surface area contributed by atoms with Gasteiger partial charge in [0.1, 0.15) is 0 Å². The van der Waals surface area contributed by atoms with E-state index in [1.807, 2.05) is 18.2 Å². The lowest BCUT2D eigenvalue weighted by molar-refractivity contribution is 0.675. The van der Waals surface area contributed by atoms with E-state index < -0.39 is 0 Å². The molecule has 3 heteroatoms. The van der Waals surface area contributed by atoms with E-state index in [-0.39, 0.29) is 0 Å². The number of aromatic nitrogens is 1. The molecule has 0 spiro atoms. The predicted molar refractivity (Wildman–Crippen MR) is 76.7 cm³/mol. The minimum atomic E-state index is 0.789. The smallest absolute Gasteiger partial charge is 0.0487 e. The standard InChI is InChI=1S/C15H17ClN2/c1-2-7-18-11-12-3-4-14(15(16)10-12)13-5-8-17-9-6-13/h3-6,8-10,18H,2,7,11H2,1H3. The maximum absolute atomic E-state index is 6.33. The molecular formula is C15H17ClN2. The Morgan fingerprint density at radius 2 is 1.94 bits per heavy atom. The van der Waals surface area contributed by atoms with Gasteiger partial charge in [-0.15, -0.1) is 0 Å². The SMILES string of the molecule is CCCNCc1ccc(-c2ccncc2)c(Cl)c1. The summed E-state index contributed by atoms with van der Waals surface area (Å²) in [5.74, 6) is 0. The van der Waals surface area contributed by atoms with E-state index in [4.69, 9.17) is 11.6 Å². The van der Waals surface area contributed by atoms with Crippen LogP contribution in [0.25, 0.3) is 11.1 Å². The van der Waals surface area contributed by atoms with Crippen molar-refractivity contribution in [3.8, 4) is 11.1 Å². The van der Waals surface area contributed by atoms with Crippen molar-refractivity contribution in [2.24, 2.45) is 0 Å². The highest BCUT2D eigenvalue weighted by molar-refractivity contribution is 6.33. The first kappa shape index (κ1) is 13.1. The zero-order valence-corrected chi connectivity index (χ0v) is 11.2. The van der Waals surface area contributed by atoms with E-state index in [2.05, 4.69) is 29.4 Å². The summed E-state index contributed by atoms with van der Waals surface area (Å²) < 4.78 is 0. The van der Waals surface area contributed by atoms with E-state index in [0.717, 1.165) is 35.7 Å². The van der Waals surface area contributed by atoms with E-state index >= 15 is 0 Å². The van der Waals surface area contributed by atoms with Crippen LogP contribution in [0.2, 0.25) is 5.02 Å². The Balaban J connectivity index is 2.15. The van der Waals surface area contributed by atoms with Crippen LogP contribution in [-0.2, 0) is 6.54 Å². The van der Waals surface area contributed by atoms with Gasteiger partial charge in [-0.25, -0.2) is 0 Å². The first-order valence-electron chi connectivity index (χ1n) is 6.21. The summed E-state index contributed by atoms with van der Waals surface area (Å²) >= 11 is 6.33. The molecule has 0 atom stereocenters. The van der Waals surface area contributed by atoms with Gasteiger partial charge in [-0.3, -0.25) is 4.98 Å². The average Bonchev–Trinajstić information content (AvgIpc) is 2.40. The van der Waals surface area contributed by atoms with Crippen molar-refractivity contribution in [1.29, 1.82) is 0 Å². The van der Waals surface area contributed by atoms with Gasteiger partial charge >= 0.3 is 0 Å². The molecule has 0 aliphatic heterocycles. The first-order valence-corrected chi connectivity index (χ1v) is 6.58. The monoisotopic (exact) mass is 260 g/mol. The number of nitrogens with one attached hydrogen (secondary N) is 1. The molecule has 18 heavy (non-hydrogen) atoms. The summed E-state index contributed by atoms with van der Waals surface area (Å²) in [5, 5.41) is 4.16. The number of hydrogen-bond donors (Lipinski definition) is 1. The van der Waals surface area contributed by atoms with Crippen LogP contribution in [0.15, 0.2) is 42.7 Å². The van der Waals surface area contributed by atoms with Gasteiger partial charge in [-0.2, -0.15) is 0 Å². The maximum atomic E-state index is 6.33. The summed E-state index contributed by atoms with van der Waals surface area (Å²) in [5.41, 5.74) is 3.37. The highest BCUT2D eigenvalue weighted by Gasteiger charge is 2.04. The van der Waals surface area contributed by atoms with Crippen LogP contribution < -0.4 is 5.32 Å². The molecule has 2 aromatic rings. The molecule has 1 N–H and O–H groups in total. The van der Waals surface area contributed by atoms with Crippen LogP contribution in [0.5, 0.6) is 0 Å². The van der Waals surface area contributed by atoms with Gasteiger partial charge < -0.3 is 5.32 Å². The van der Waals surface area contributed by atoms with Gasteiger partial charge in [0.2, 0.25) is 0 Å². The van der Waals surface area contributed by atoms with Gasteiger partial charge in [0.15, 0.2) is 0 Å². The Morgan fingerprint density at radius 1 is 1.17 bits per heavy atom. The molecule has 1 heterocycles. The highest BCUT2D eigenvalue weighted by atomic mass is 35.5. The van der Waals surface area contributed by atoms with Crippen molar-refractivity contribution in [2.75, 3.05) is 6.54 Å². The molecule has 2 nitrogen and oxygen atoms in total. The number of halogens is 1. The third-order valence-corrected chi connectivity index (χ3v) is 3.09. The predicted octanol–water partition coefficient (Wildman–Crippen LogP) is 3.90. The van der Waals surface area contributed by atoms with E-state index in [1.165, 1.54) is 5.56 Å². The molecule has 0 amide bonds. The molecular weight excluding hydrogens is 244 g/mol. The summed E-state index contributed by atoms with van der Waals surface area (Å²) in [7, 11) is 0. The molecule has 0 fully saturated rings. The van der Waals surface area contributed by atoms with Crippen LogP contribution in [-0.4, -0.2) is 11.5 Å². The van der Waals surface area contributed by atoms with Gasteiger partial charge in [0.25, 0.3) is 0 Å². The quantitative estimate of drug-likeness (QED) is 0.825. The van der Waals surface area contributed by atoms with Crippen molar-refractivity contribution in [3.63, 3.8) is 0 Å². The summed E-state index contributed by atoms with van der Waals surface area (Å²) in [6.07, 6.45) is 4.70. The maximum Gasteiger partial charge on any atom is 0.0487 e. The van der Waals surface area contributed by atoms with Crippen molar-refractivity contribution < 1.29 is 0 Å². The number of nitrogens with zero attached hydrogens (tertiary/aromatic N) is 1. The van der Waals surface area contributed by atoms with Crippen molar-refractivity contribution in [3.05, 3.63) is 53.3 Å². The molecule has 94 valence electrons. The Bertz CT molecular complexity index is 497. The van der Waals surface area contributed by atoms with Gasteiger partial charge in [-0.05, 0) is 42.3 Å². The minimum Gasteiger partial charge on any atom is -0.313 e. The third kappa shape index (κ3) is 3.31. The normalized spacial score (nSPS) is 10.6. The van der Waals surface area contributed by atoms with Gasteiger partial charge in [0.05, 0.1) is 0 Å². The van der Waals surface area contributed by atoms with E-state index in [0.29, 0.717) is 0 Å². The molecule has 0 saturated heterocycles. The van der Waals surface area contributed by atoms with Crippen molar-refractivity contribution in [2.45, 2.75) is 19.9 Å². The lowest BCUT2D eigenvalue weighted by Gasteiger charge is -2.08. The zero-order valence-electron chi connectivity index (χ0n) is 10.5. The van der Waals surface area contributed by atoms with E-state index in [9.17, 15) is 0 Å². The molecule has 1 aromatic heterocycles. The van der Waals surface area contributed by atoms with Crippen LogP contribution in [0.1, 0.15) is 18.9 Å². The third-order valence-electron chi connectivity index (χ3n) is 2.78. The van der Waals surface area contributed by atoms with Crippen LogP contribution in [0.4, 0.5) is 0 Å². The lowest BCUT2D eigenvalue weighted by atomic mass is 10.0. The second kappa shape index (κ2) is 6.53. The van der Waals surface area contributed by atoms with Gasteiger partial charge in [-0.1, -0.05) is 30.7 Å². The number of hydrogen-bond acceptors (Lipinski definition) is 2. The topological polar surface area (TPSA) is 24.9 Å². The lowest BCUT2D eigenvalue weighted by Crippen LogP contribution is -2.13. The Hall–Kier alpha value is -1.38. The van der Waals surface area contributed by atoms with Crippen LogP contribution in [0.3, 0.4) is 0 Å². The van der Waals surface area contributed by atoms with Gasteiger partial charge in [0, 0.05) is 29.5 Å². The van der Waals surface area contributed by atoms with Crippen LogP contribution >= 0.6 is 11.6 Å². The second-order valence-corrected chi connectivity index (χ2v) is 4.63. The zero-order chi connectivity index (χ0) is 12.8. The Labute approximate surface area is 113 Å². The summed E-state index contributed by atoms with van der Waals surface area (Å²) in [4.78, 5) is 4.01. The fourth-order valence-corrected chi connectivity index (χ4v) is 2.16. The summed E-state index contributed by atoms with van der Waals surface area (Å²) in [6.45, 7) is 4.06. The molecule has 0 aliphatic carbocycles. The number of rotatable bonds is 5. The Kier molecular flexibility index (Phi) is 4.73. The minimum absolute atomic E-state index is 0.789. The second-order valence-electron chi connectivity index (χ2n) is 4.23. The molecule has 0 bridgehead atoms. The Morgan fingerprint density at radius 3 is 2.61 bits per heavy atom. The average molecular weight is 261 g/mol. The molecule has 1 aromatic carbocycles. The highest BCUT2D eigenvalue weighted by Crippen LogP contribution is 2.28. The molecule has 2 rings (SSSR count). The molecule has 0 unspecified atom stereocenters. The molecule has 0 saturated carbocycles. The molecule has 0 radical (unpaired) electrons. The van der Waals surface area contributed by atoms with E-state index in [1.54, 1.807) is 12.4 Å². The fourth-order valence-electron chi connectivity index (χ4n) is 1.84. The van der Waals surface area contributed by atoms with Crippen LogP contribution in [0, 0.1) is 0 Å². The largest absolute Gasteiger partial charge is 0.313 e. The van der Waals surface area contributed by atoms with Crippen molar-refractivity contribution in [1.82, 2.24) is 10.3 Å². The first-order chi connectivity index (χ1) is 8.81.